The molecule has 0 saturated carbocycles. The summed E-state index contributed by atoms with van der Waals surface area (Å²) in [6.07, 6.45) is 5.37. The molecule has 0 heterocycles. The Balaban J connectivity index is 1.02. The number of allylic oxidation sites excluding steroid dienone is 2. The third-order valence-electron chi connectivity index (χ3n) is 18.3. The summed E-state index contributed by atoms with van der Waals surface area (Å²) in [5.41, 5.74) is 20.0. The minimum atomic E-state index is -2.93. The molecule has 2 aliphatic carbocycles. The summed E-state index contributed by atoms with van der Waals surface area (Å²) in [7, 11) is 0. The van der Waals surface area contributed by atoms with Crippen molar-refractivity contribution < 1.29 is 20.9 Å². The summed E-state index contributed by atoms with van der Waals surface area (Å²) in [6, 6.07) is 92.9. The van der Waals surface area contributed by atoms with E-state index in [0.717, 1.165) is 0 Å². The van der Waals surface area contributed by atoms with E-state index in [1.807, 2.05) is 0 Å². The predicted octanol–water partition coefficient (Wildman–Crippen LogP) is 21.8. The summed E-state index contributed by atoms with van der Waals surface area (Å²) >= 11 is -2.93. The van der Waals surface area contributed by atoms with Gasteiger partial charge in [-0.05, 0) is 0 Å². The summed E-state index contributed by atoms with van der Waals surface area (Å²) in [6.45, 7) is 10.6. The Morgan fingerprint density at radius 1 is 0.275 bits per heavy atom. The Labute approximate surface area is 476 Å². The van der Waals surface area contributed by atoms with Gasteiger partial charge in [0.1, 0.15) is 0 Å². The molecule has 0 bridgehead atoms. The third-order valence-corrected chi connectivity index (χ3v) is 40.3. The van der Waals surface area contributed by atoms with Gasteiger partial charge >= 0.3 is 480 Å². The number of benzene rings is 14. The van der Waals surface area contributed by atoms with Crippen molar-refractivity contribution in [2.45, 2.75) is 34.2 Å². The van der Waals surface area contributed by atoms with Crippen LogP contribution in [0.3, 0.4) is 0 Å². The van der Waals surface area contributed by atoms with Crippen molar-refractivity contribution >= 4 is 104 Å². The standard InChI is InChI=1S/2C38H25.C2H7Si.Zr/c2*1-24-20-35-33(37-29-14-6-2-10-25(29)22-26-11-3-7-15-30(26)37)18-19-34(36(35)21-24)38-31-16-8-4-12-27(31)23-28-13-5-9-17-32(28)38;1-3-2;/h2*2-23H,1H3;3H,1-2H3;. The van der Waals surface area contributed by atoms with Crippen LogP contribution in [0.1, 0.15) is 43.4 Å². The van der Waals surface area contributed by atoms with E-state index in [-0.39, 0.29) is 0 Å². The van der Waals surface area contributed by atoms with Crippen molar-refractivity contribution in [2.75, 3.05) is 0 Å². The van der Waals surface area contributed by atoms with Crippen LogP contribution in [0.25, 0.3) is 143 Å². The molecule has 0 N–H and O–H groups in total. The Morgan fingerprint density at radius 3 is 0.725 bits per heavy atom. The Morgan fingerprint density at radius 2 is 0.487 bits per heavy atom. The van der Waals surface area contributed by atoms with Gasteiger partial charge in [0.15, 0.2) is 0 Å². The van der Waals surface area contributed by atoms with Gasteiger partial charge in [0, 0.05) is 0 Å². The molecule has 0 radical (unpaired) electrons. The van der Waals surface area contributed by atoms with Gasteiger partial charge in [-0.25, -0.2) is 0 Å². The molecule has 16 rings (SSSR count). The molecule has 80 heavy (non-hydrogen) atoms. The SMILES string of the molecule is CC1=Cc2c(-c3c4ccccc4cc4ccccc34)ccc(-c3c4ccccc4cc4ccccc34)c2[CH]1[Zr]([CH]1C(C)=Cc2c(-c3c4ccccc4cc4ccccc34)ccc(-c3c4ccccc4cc4ccccc34)c21)[SiH](C)C. The number of hydrogen-bond donors (Lipinski definition) is 0. The van der Waals surface area contributed by atoms with Crippen LogP contribution in [0.4, 0.5) is 0 Å². The monoisotopic (exact) mass is 1110 g/mol. The molecule has 14 aromatic rings. The van der Waals surface area contributed by atoms with Crippen molar-refractivity contribution in [1.82, 2.24) is 0 Å². The van der Waals surface area contributed by atoms with Crippen LogP contribution in [-0.2, 0) is 20.9 Å². The van der Waals surface area contributed by atoms with Gasteiger partial charge in [0.2, 0.25) is 0 Å². The first kappa shape index (κ1) is 47.7. The van der Waals surface area contributed by atoms with E-state index >= 15 is 0 Å². The maximum atomic E-state index is 2.75. The van der Waals surface area contributed by atoms with Crippen LogP contribution in [-0.4, -0.2) is 5.92 Å². The van der Waals surface area contributed by atoms with Gasteiger partial charge in [-0.1, -0.05) is 0 Å². The normalized spacial score (nSPS) is 15.0. The summed E-state index contributed by atoms with van der Waals surface area (Å²) < 4.78 is 0.679. The summed E-state index contributed by atoms with van der Waals surface area (Å²) in [5, 5.41) is 20.9. The van der Waals surface area contributed by atoms with E-state index in [1.165, 1.54) is 142 Å². The van der Waals surface area contributed by atoms with E-state index < -0.39 is 26.8 Å². The molecule has 2 unspecified atom stereocenters. The molecule has 2 heteroatoms. The maximum absolute atomic E-state index is 2.93. The molecule has 0 amide bonds. The second-order valence-electron chi connectivity index (χ2n) is 23.0. The quantitative estimate of drug-likeness (QED) is 0.110. The predicted molar refractivity (Wildman–Crippen MR) is 346 cm³/mol. The van der Waals surface area contributed by atoms with E-state index in [2.05, 4.69) is 282 Å². The van der Waals surface area contributed by atoms with Gasteiger partial charge in [0.05, 0.1) is 0 Å². The Hall–Kier alpha value is -8.26. The average Bonchev–Trinajstić information content (AvgIpc) is 4.23. The van der Waals surface area contributed by atoms with E-state index in [9.17, 15) is 0 Å². The van der Waals surface area contributed by atoms with Gasteiger partial charge in [0.25, 0.3) is 0 Å². The van der Waals surface area contributed by atoms with Crippen LogP contribution in [0, 0.1) is 0 Å². The zero-order valence-electron chi connectivity index (χ0n) is 45.5. The van der Waals surface area contributed by atoms with Gasteiger partial charge in [-0.15, -0.1) is 0 Å². The van der Waals surface area contributed by atoms with Crippen molar-refractivity contribution in [2.24, 2.45) is 0 Å². The van der Waals surface area contributed by atoms with Gasteiger partial charge < -0.3 is 0 Å². The van der Waals surface area contributed by atoms with Crippen LogP contribution in [0.2, 0.25) is 13.1 Å². The first-order valence-corrected chi connectivity index (χ1v) is 38.6. The second-order valence-corrected chi connectivity index (χ2v) is 43.1. The second kappa shape index (κ2) is 18.7. The fourth-order valence-electron chi connectivity index (χ4n) is 15.1. The van der Waals surface area contributed by atoms with Gasteiger partial charge in [-0.3, -0.25) is 0 Å². The Kier molecular flexibility index (Phi) is 11.1. The molecule has 0 fully saturated rings. The molecule has 2 aliphatic rings. The molecule has 0 aromatic heterocycles. The van der Waals surface area contributed by atoms with Crippen LogP contribution in [0.5, 0.6) is 0 Å². The molecular formula is C78H57SiZr. The Bertz CT molecular complexity index is 4510. The van der Waals surface area contributed by atoms with Gasteiger partial charge in [-0.2, -0.15) is 0 Å². The zero-order chi connectivity index (χ0) is 53.3. The van der Waals surface area contributed by atoms with Crippen LogP contribution in [0.15, 0.2) is 254 Å². The van der Waals surface area contributed by atoms with Crippen LogP contribution >= 0.6 is 0 Å². The summed E-state index contributed by atoms with van der Waals surface area (Å²) in [5.74, 6) is -1.44. The molecule has 0 aliphatic heterocycles. The number of hydrogen-bond acceptors (Lipinski definition) is 0. The minimum absolute atomic E-state index is 0.339. The van der Waals surface area contributed by atoms with E-state index in [4.69, 9.17) is 0 Å². The van der Waals surface area contributed by atoms with Crippen molar-refractivity contribution in [3.8, 4) is 44.5 Å². The molecular weight excluding hydrogens is 1060 g/mol. The molecule has 0 spiro atoms. The fraction of sp³-hybridized carbons (Fsp3) is 0.0769. The fourth-order valence-corrected chi connectivity index (χ4v) is 38.3. The molecule has 2 atom stereocenters. The molecule has 0 saturated heterocycles. The topological polar surface area (TPSA) is 0 Å². The molecule has 14 aromatic carbocycles. The first-order valence-electron chi connectivity index (χ1n) is 28.6. The average molecular weight is 1110 g/mol. The molecule has 0 nitrogen and oxygen atoms in total. The number of rotatable bonds is 7. The third kappa shape index (κ3) is 7.21. The first-order chi connectivity index (χ1) is 39.4. The molecule has 377 valence electrons. The summed E-state index contributed by atoms with van der Waals surface area (Å²) in [4.78, 5) is 0. The van der Waals surface area contributed by atoms with Crippen LogP contribution < -0.4 is 0 Å². The van der Waals surface area contributed by atoms with E-state index in [1.54, 1.807) is 22.3 Å². The zero-order valence-corrected chi connectivity index (χ0v) is 49.1. The van der Waals surface area contributed by atoms with Crippen molar-refractivity contribution in [3.63, 3.8) is 0 Å². The number of fused-ring (bicyclic) bond motifs is 10. The van der Waals surface area contributed by atoms with E-state index in [0.29, 0.717) is 7.25 Å². The van der Waals surface area contributed by atoms with Crippen molar-refractivity contribution in [3.05, 3.63) is 276 Å². The van der Waals surface area contributed by atoms with Crippen molar-refractivity contribution in [1.29, 1.82) is 0 Å².